The molecule has 1 aliphatic carbocycles. The van der Waals surface area contributed by atoms with E-state index in [0.29, 0.717) is 0 Å². The van der Waals surface area contributed by atoms with E-state index >= 15 is 0 Å². The van der Waals surface area contributed by atoms with Gasteiger partial charge in [0.05, 0.1) is 22.7 Å². The third-order valence-corrected chi connectivity index (χ3v) is 14.2. The fourth-order valence-corrected chi connectivity index (χ4v) is 10.9. The molecule has 0 unspecified atom stereocenters. The molecule has 0 N–H and O–H groups in total. The molecule has 1 heterocycles. The van der Waals surface area contributed by atoms with Crippen LogP contribution in [0.4, 0.5) is 34.1 Å². The second-order valence-electron chi connectivity index (χ2n) is 18.6. The Morgan fingerprint density at radius 1 is 0.344 bits per heavy atom. The molecule has 0 aromatic heterocycles. The van der Waals surface area contributed by atoms with Gasteiger partial charge in [-0.25, -0.2) is 0 Å². The highest BCUT2D eigenvalue weighted by Gasteiger charge is 2.40. The third-order valence-electron chi connectivity index (χ3n) is 14.2. The normalized spacial score (nSPS) is 14.2. The van der Waals surface area contributed by atoms with Crippen LogP contribution in [0.5, 0.6) is 0 Å². The van der Waals surface area contributed by atoms with Crippen molar-refractivity contribution in [3.8, 4) is 33.4 Å². The van der Waals surface area contributed by atoms with Crippen LogP contribution in [0.1, 0.15) is 49.9 Å². The monoisotopic (exact) mass is 820 g/mol. The Bertz CT molecular complexity index is 3470. The Balaban J connectivity index is 1.15. The average Bonchev–Trinajstić information content (AvgIpc) is 3.57. The Hall–Kier alpha value is -7.68. The lowest BCUT2D eigenvalue weighted by Gasteiger charge is -2.44. The summed E-state index contributed by atoms with van der Waals surface area (Å²) in [6.45, 7) is 9.51. The topological polar surface area (TPSA) is 6.48 Å². The first kappa shape index (κ1) is 38.0. The minimum Gasteiger partial charge on any atom is -0.308 e. The highest BCUT2D eigenvalue weighted by atomic mass is 15.2. The van der Waals surface area contributed by atoms with E-state index in [1.165, 1.54) is 88.6 Å². The first-order valence-corrected chi connectivity index (χ1v) is 22.5. The quantitative estimate of drug-likeness (QED) is 0.165. The van der Waals surface area contributed by atoms with Crippen LogP contribution in [-0.2, 0) is 10.8 Å². The van der Waals surface area contributed by atoms with E-state index in [4.69, 9.17) is 0 Å². The van der Waals surface area contributed by atoms with E-state index < -0.39 is 0 Å². The lowest BCUT2D eigenvalue weighted by Crippen LogP contribution is -2.31. The summed E-state index contributed by atoms with van der Waals surface area (Å²) in [5.74, 6) is 0. The number of nitrogens with zero attached hydrogens (tertiary/aromatic N) is 2. The largest absolute Gasteiger partial charge is 0.308 e. The molecule has 1 aliphatic heterocycles. The molecule has 2 aliphatic rings. The van der Waals surface area contributed by atoms with E-state index in [1.54, 1.807) is 0 Å². The van der Waals surface area contributed by atoms with Gasteiger partial charge in [-0.2, -0.15) is 0 Å². The minimum atomic E-state index is -0.251. The number of benzene rings is 10. The van der Waals surface area contributed by atoms with E-state index in [0.717, 1.165) is 22.7 Å². The zero-order valence-corrected chi connectivity index (χ0v) is 36.7. The standard InChI is InChI=1S/C62H48N2/c1-61(2)53-26-13-12-25-51(53)52-34-33-49(40-56(52)61)63(48-23-16-22-45(38-48)41-17-6-5-7-18-41)58-36-32-43-20-10-11-24-50(43)60(58)64-57-28-15-14-27-54(57)62(3,4)55-35-31-47(39-59(55)64)46-30-29-42-19-8-9-21-44(42)37-46/h5-40H,1-4H3. The molecule has 10 aromatic carbocycles. The SMILES string of the molecule is CC1(C)c2ccccc2-c2ccc(N(c3cccc(-c4ccccc4)c3)c3ccc4ccccc4c3N3c4ccccc4C(C)(C)c4ccc(-c5ccc6ccccc6c5)cc43)cc21. The molecule has 0 saturated heterocycles. The summed E-state index contributed by atoms with van der Waals surface area (Å²) in [6.07, 6.45) is 0. The van der Waals surface area contributed by atoms with Gasteiger partial charge < -0.3 is 9.80 Å². The van der Waals surface area contributed by atoms with Gasteiger partial charge in [0.25, 0.3) is 0 Å². The third kappa shape index (κ3) is 5.86. The van der Waals surface area contributed by atoms with Crippen molar-refractivity contribution in [2.24, 2.45) is 0 Å². The molecule has 306 valence electrons. The van der Waals surface area contributed by atoms with Gasteiger partial charge >= 0.3 is 0 Å². The predicted octanol–water partition coefficient (Wildman–Crippen LogP) is 17.2. The second-order valence-corrected chi connectivity index (χ2v) is 18.6. The summed E-state index contributed by atoms with van der Waals surface area (Å²) < 4.78 is 0. The molecule has 0 fully saturated rings. The first-order valence-electron chi connectivity index (χ1n) is 22.5. The van der Waals surface area contributed by atoms with Crippen LogP contribution in [0.3, 0.4) is 0 Å². The fourth-order valence-electron chi connectivity index (χ4n) is 10.9. The van der Waals surface area contributed by atoms with Gasteiger partial charge in [0, 0.05) is 27.6 Å². The summed E-state index contributed by atoms with van der Waals surface area (Å²) in [4.78, 5) is 5.10. The van der Waals surface area contributed by atoms with Crippen molar-refractivity contribution in [2.75, 3.05) is 9.80 Å². The fraction of sp³-hybridized carbons (Fsp3) is 0.0968. The second kappa shape index (κ2) is 14.4. The minimum absolute atomic E-state index is 0.165. The maximum atomic E-state index is 2.58. The van der Waals surface area contributed by atoms with E-state index in [9.17, 15) is 0 Å². The molecule has 64 heavy (non-hydrogen) atoms. The maximum absolute atomic E-state index is 2.58. The van der Waals surface area contributed by atoms with Crippen LogP contribution in [0.25, 0.3) is 54.9 Å². The van der Waals surface area contributed by atoms with Crippen molar-refractivity contribution in [3.63, 3.8) is 0 Å². The summed E-state index contributed by atoms with van der Waals surface area (Å²) >= 11 is 0. The van der Waals surface area contributed by atoms with Gasteiger partial charge in [0.2, 0.25) is 0 Å². The number of hydrogen-bond acceptors (Lipinski definition) is 2. The summed E-state index contributed by atoms with van der Waals surface area (Å²) in [5, 5.41) is 4.87. The van der Waals surface area contributed by atoms with Crippen LogP contribution in [-0.4, -0.2) is 0 Å². The zero-order valence-electron chi connectivity index (χ0n) is 36.7. The smallest absolute Gasteiger partial charge is 0.0781 e. The lowest BCUT2D eigenvalue weighted by molar-refractivity contribution is 0.632. The molecule has 0 saturated carbocycles. The van der Waals surface area contributed by atoms with Crippen molar-refractivity contribution in [3.05, 3.63) is 241 Å². The van der Waals surface area contributed by atoms with Crippen LogP contribution in [0.15, 0.2) is 218 Å². The van der Waals surface area contributed by atoms with Gasteiger partial charge in [0.1, 0.15) is 0 Å². The van der Waals surface area contributed by atoms with E-state index in [2.05, 4.69) is 256 Å². The number of fused-ring (bicyclic) bond motifs is 7. The van der Waals surface area contributed by atoms with E-state index in [1.807, 2.05) is 0 Å². The maximum Gasteiger partial charge on any atom is 0.0781 e. The van der Waals surface area contributed by atoms with Crippen molar-refractivity contribution in [1.29, 1.82) is 0 Å². The Morgan fingerprint density at radius 2 is 0.938 bits per heavy atom. The van der Waals surface area contributed by atoms with Gasteiger partial charge in [0.15, 0.2) is 0 Å². The highest BCUT2D eigenvalue weighted by molar-refractivity contribution is 6.09. The molecular weight excluding hydrogens is 773 g/mol. The van der Waals surface area contributed by atoms with Gasteiger partial charge in [-0.15, -0.1) is 0 Å². The van der Waals surface area contributed by atoms with Crippen LogP contribution in [0, 0.1) is 0 Å². The van der Waals surface area contributed by atoms with Gasteiger partial charge in [-0.1, -0.05) is 198 Å². The lowest BCUT2D eigenvalue weighted by atomic mass is 9.73. The molecule has 12 rings (SSSR count). The Kier molecular flexibility index (Phi) is 8.58. The molecular formula is C62H48N2. The molecule has 0 radical (unpaired) electrons. The van der Waals surface area contributed by atoms with Crippen LogP contribution >= 0.6 is 0 Å². The summed E-state index contributed by atoms with van der Waals surface area (Å²) in [5.41, 5.74) is 19.1. The van der Waals surface area contributed by atoms with Crippen molar-refractivity contribution < 1.29 is 0 Å². The molecule has 0 atom stereocenters. The molecule has 2 nitrogen and oxygen atoms in total. The molecule has 10 aromatic rings. The Labute approximate surface area is 376 Å². The summed E-state index contributed by atoms with van der Waals surface area (Å²) in [6, 6.07) is 81.2. The number of hydrogen-bond donors (Lipinski definition) is 0. The van der Waals surface area contributed by atoms with Crippen molar-refractivity contribution in [2.45, 2.75) is 38.5 Å². The molecule has 0 bridgehead atoms. The number of anilines is 6. The average molecular weight is 821 g/mol. The predicted molar refractivity (Wildman–Crippen MR) is 271 cm³/mol. The molecule has 0 spiro atoms. The molecule has 2 heteroatoms. The van der Waals surface area contributed by atoms with Crippen molar-refractivity contribution >= 4 is 55.7 Å². The van der Waals surface area contributed by atoms with Crippen molar-refractivity contribution in [1.82, 2.24) is 0 Å². The number of para-hydroxylation sites is 1. The summed E-state index contributed by atoms with van der Waals surface area (Å²) in [7, 11) is 0. The van der Waals surface area contributed by atoms with E-state index in [-0.39, 0.29) is 10.8 Å². The number of rotatable bonds is 6. The molecule has 0 amide bonds. The Morgan fingerprint density at radius 3 is 1.80 bits per heavy atom. The zero-order chi connectivity index (χ0) is 43.2. The first-order chi connectivity index (χ1) is 31.3. The van der Waals surface area contributed by atoms with Crippen LogP contribution in [0.2, 0.25) is 0 Å². The van der Waals surface area contributed by atoms with Crippen LogP contribution < -0.4 is 9.80 Å². The van der Waals surface area contributed by atoms with Gasteiger partial charge in [-0.05, 0) is 120 Å². The van der Waals surface area contributed by atoms with Gasteiger partial charge in [-0.3, -0.25) is 0 Å². The highest BCUT2D eigenvalue weighted by Crippen LogP contribution is 2.58.